The van der Waals surface area contributed by atoms with E-state index in [0.29, 0.717) is 11.7 Å². The normalized spacial score (nSPS) is 20.5. The van der Waals surface area contributed by atoms with Gasteiger partial charge in [0.1, 0.15) is 5.75 Å². The molecule has 2 aliphatic heterocycles. The summed E-state index contributed by atoms with van der Waals surface area (Å²) in [5, 5.41) is 18.9. The van der Waals surface area contributed by atoms with E-state index >= 15 is 0 Å². The number of nitrogens with zero attached hydrogens (tertiary/aromatic N) is 4. The lowest BCUT2D eigenvalue weighted by atomic mass is 10.00. The fourth-order valence-corrected chi connectivity index (χ4v) is 4.32. The van der Waals surface area contributed by atoms with Crippen LogP contribution in [0.3, 0.4) is 0 Å². The second-order valence-corrected chi connectivity index (χ2v) is 7.71. The fourth-order valence-electron chi connectivity index (χ4n) is 4.32. The molecule has 1 fully saturated rings. The van der Waals surface area contributed by atoms with Crippen LogP contribution in [0.1, 0.15) is 29.5 Å². The van der Waals surface area contributed by atoms with Crippen LogP contribution in [0.25, 0.3) is 11.3 Å². The first-order valence-electron chi connectivity index (χ1n) is 9.47. The summed E-state index contributed by atoms with van der Waals surface area (Å²) in [6.07, 6.45) is -1.41. The lowest BCUT2D eigenvalue weighted by Crippen LogP contribution is -2.46. The first-order chi connectivity index (χ1) is 13.3. The molecule has 150 valence electrons. The molecule has 0 spiro atoms. The third-order valence-corrected chi connectivity index (χ3v) is 5.82. The highest BCUT2D eigenvalue weighted by Crippen LogP contribution is 2.40. The smallest absolute Gasteiger partial charge is 0.416 e. The zero-order valence-electron chi connectivity index (χ0n) is 15.9. The van der Waals surface area contributed by atoms with Crippen LogP contribution >= 0.6 is 0 Å². The summed E-state index contributed by atoms with van der Waals surface area (Å²) in [6.45, 7) is 4.86. The quantitative estimate of drug-likeness (QED) is 0.846. The zero-order valence-corrected chi connectivity index (χ0v) is 15.9. The van der Waals surface area contributed by atoms with Gasteiger partial charge in [0.2, 0.25) is 0 Å². The van der Waals surface area contributed by atoms with Gasteiger partial charge in [-0.05, 0) is 63.5 Å². The minimum absolute atomic E-state index is 0.275. The number of fused-ring (bicyclic) bond motifs is 1. The molecule has 28 heavy (non-hydrogen) atoms. The number of halogens is 3. The van der Waals surface area contributed by atoms with E-state index in [1.165, 1.54) is 6.07 Å². The van der Waals surface area contributed by atoms with Gasteiger partial charge in [0.25, 0.3) is 0 Å². The van der Waals surface area contributed by atoms with E-state index in [2.05, 4.69) is 27.0 Å². The molecule has 2 aromatic rings. The van der Waals surface area contributed by atoms with E-state index in [1.807, 2.05) is 6.92 Å². The van der Waals surface area contributed by atoms with Crippen molar-refractivity contribution in [3.05, 3.63) is 34.9 Å². The number of likely N-dealkylation sites (tertiary alicyclic amines) is 1. The van der Waals surface area contributed by atoms with Crippen LogP contribution in [0.5, 0.6) is 5.75 Å². The molecule has 2 aliphatic rings. The Balaban J connectivity index is 1.67. The van der Waals surface area contributed by atoms with Crippen molar-refractivity contribution in [1.29, 1.82) is 0 Å². The molecule has 3 heterocycles. The lowest BCUT2D eigenvalue weighted by molar-refractivity contribution is -0.137. The van der Waals surface area contributed by atoms with Crippen molar-refractivity contribution in [1.82, 2.24) is 15.1 Å². The van der Waals surface area contributed by atoms with Crippen molar-refractivity contribution < 1.29 is 18.3 Å². The van der Waals surface area contributed by atoms with Gasteiger partial charge in [0, 0.05) is 30.3 Å². The molecule has 1 N–H and O–H groups in total. The Morgan fingerprint density at radius 1 is 1.18 bits per heavy atom. The van der Waals surface area contributed by atoms with E-state index in [0.717, 1.165) is 68.0 Å². The third kappa shape index (κ3) is 3.30. The van der Waals surface area contributed by atoms with Gasteiger partial charge >= 0.3 is 6.18 Å². The van der Waals surface area contributed by atoms with E-state index in [1.54, 1.807) is 0 Å². The molecule has 0 amide bonds. The van der Waals surface area contributed by atoms with Crippen LogP contribution in [0.4, 0.5) is 19.0 Å². The predicted molar refractivity (Wildman–Crippen MR) is 100 cm³/mol. The molecule has 0 bridgehead atoms. The highest BCUT2D eigenvalue weighted by molar-refractivity contribution is 5.73. The number of aromatic nitrogens is 2. The molecule has 0 unspecified atom stereocenters. The van der Waals surface area contributed by atoms with Crippen molar-refractivity contribution >= 4 is 5.82 Å². The van der Waals surface area contributed by atoms with Crippen molar-refractivity contribution in [2.75, 3.05) is 31.6 Å². The third-order valence-electron chi connectivity index (χ3n) is 5.82. The standard InChI is InChI=1S/C20H23F3N4O/c1-12-15-7-9-27(14-4-3-8-26(2)11-14)19(15)25-24-18(12)16-6-5-13(10-17(16)28)20(21,22)23/h5-6,10,14,28H,3-4,7-9,11H2,1-2H3/t14-/m1/s1. The number of phenols is 1. The number of benzene rings is 1. The first kappa shape index (κ1) is 19.0. The largest absolute Gasteiger partial charge is 0.507 e. The Morgan fingerprint density at radius 3 is 2.64 bits per heavy atom. The molecule has 0 saturated carbocycles. The second-order valence-electron chi connectivity index (χ2n) is 7.71. The van der Waals surface area contributed by atoms with Crippen LogP contribution < -0.4 is 4.90 Å². The summed E-state index contributed by atoms with van der Waals surface area (Å²) < 4.78 is 38.6. The molecular weight excluding hydrogens is 369 g/mol. The van der Waals surface area contributed by atoms with Gasteiger partial charge < -0.3 is 14.9 Å². The van der Waals surface area contributed by atoms with E-state index in [-0.39, 0.29) is 5.56 Å². The second kappa shape index (κ2) is 6.92. The summed E-state index contributed by atoms with van der Waals surface area (Å²) in [5.41, 5.74) is 1.77. The summed E-state index contributed by atoms with van der Waals surface area (Å²) in [5.74, 6) is 0.434. The van der Waals surface area contributed by atoms with Crippen molar-refractivity contribution in [3.63, 3.8) is 0 Å². The number of likely N-dealkylation sites (N-methyl/N-ethyl adjacent to an activating group) is 1. The van der Waals surface area contributed by atoms with Crippen LogP contribution in [-0.2, 0) is 12.6 Å². The number of phenolic OH excluding ortho intramolecular Hbond substituents is 1. The molecule has 1 aromatic carbocycles. The molecular formula is C20H23F3N4O. The molecule has 1 atom stereocenters. The number of hydrogen-bond donors (Lipinski definition) is 1. The summed E-state index contributed by atoms with van der Waals surface area (Å²) >= 11 is 0. The number of alkyl halides is 3. The van der Waals surface area contributed by atoms with Crippen LogP contribution in [0.2, 0.25) is 0 Å². The average molecular weight is 392 g/mol. The number of piperidine rings is 1. The summed E-state index contributed by atoms with van der Waals surface area (Å²) in [4.78, 5) is 4.63. The molecule has 4 rings (SSSR count). The van der Waals surface area contributed by atoms with Gasteiger partial charge in [0.15, 0.2) is 5.82 Å². The molecule has 1 aromatic heterocycles. The van der Waals surface area contributed by atoms with Gasteiger partial charge in [-0.25, -0.2) is 0 Å². The molecule has 1 saturated heterocycles. The Kier molecular flexibility index (Phi) is 4.69. The van der Waals surface area contributed by atoms with Gasteiger partial charge in [-0.1, -0.05) is 0 Å². The number of aromatic hydroxyl groups is 1. The maximum Gasteiger partial charge on any atom is 0.416 e. The van der Waals surface area contributed by atoms with Crippen molar-refractivity contribution in [2.45, 2.75) is 38.4 Å². The summed E-state index contributed by atoms with van der Waals surface area (Å²) in [7, 11) is 2.12. The van der Waals surface area contributed by atoms with E-state index < -0.39 is 17.5 Å². The Bertz CT molecular complexity index is 900. The predicted octanol–water partition coefficient (Wildman–Crippen LogP) is 3.63. The minimum atomic E-state index is -4.50. The molecule has 8 heteroatoms. The van der Waals surface area contributed by atoms with E-state index in [4.69, 9.17) is 0 Å². The Hall–Kier alpha value is -2.35. The first-order valence-corrected chi connectivity index (χ1v) is 9.47. The van der Waals surface area contributed by atoms with Crippen molar-refractivity contribution in [3.8, 4) is 17.0 Å². The number of hydrogen-bond acceptors (Lipinski definition) is 5. The molecule has 5 nitrogen and oxygen atoms in total. The maximum atomic E-state index is 12.9. The maximum absolute atomic E-state index is 12.9. The van der Waals surface area contributed by atoms with Gasteiger partial charge in [0.05, 0.1) is 11.3 Å². The number of rotatable bonds is 2. The van der Waals surface area contributed by atoms with Crippen LogP contribution in [-0.4, -0.2) is 52.9 Å². The van der Waals surface area contributed by atoms with Crippen molar-refractivity contribution in [2.24, 2.45) is 0 Å². The van der Waals surface area contributed by atoms with E-state index in [9.17, 15) is 18.3 Å². The minimum Gasteiger partial charge on any atom is -0.507 e. The monoisotopic (exact) mass is 392 g/mol. The highest BCUT2D eigenvalue weighted by Gasteiger charge is 2.34. The summed E-state index contributed by atoms with van der Waals surface area (Å²) in [6, 6.07) is 3.38. The number of anilines is 1. The Morgan fingerprint density at radius 2 is 1.96 bits per heavy atom. The van der Waals surface area contributed by atoms with Crippen LogP contribution in [0, 0.1) is 6.92 Å². The van der Waals surface area contributed by atoms with Gasteiger partial charge in [-0.2, -0.15) is 13.2 Å². The average Bonchev–Trinajstić information content (AvgIpc) is 3.07. The zero-order chi connectivity index (χ0) is 20.1. The highest BCUT2D eigenvalue weighted by atomic mass is 19.4. The SMILES string of the molecule is Cc1c(-c2ccc(C(F)(F)F)cc2O)nnc2c1CCN2[C@@H]1CCCN(C)C1. The lowest BCUT2D eigenvalue weighted by Gasteiger charge is -2.36. The molecule has 0 aliphatic carbocycles. The topological polar surface area (TPSA) is 52.5 Å². The molecule has 0 radical (unpaired) electrons. The van der Waals surface area contributed by atoms with Crippen LogP contribution in [0.15, 0.2) is 18.2 Å². The van der Waals surface area contributed by atoms with Gasteiger partial charge in [-0.3, -0.25) is 0 Å². The van der Waals surface area contributed by atoms with Gasteiger partial charge in [-0.15, -0.1) is 10.2 Å². The Labute approximate surface area is 161 Å². The fraction of sp³-hybridized carbons (Fsp3) is 0.500.